The van der Waals surface area contributed by atoms with Gasteiger partial charge in [0.05, 0.1) is 46.6 Å². The third-order valence-corrected chi connectivity index (χ3v) is 4.91. The zero-order chi connectivity index (χ0) is 20.7. The Kier molecular flexibility index (Phi) is 4.16. The van der Waals surface area contributed by atoms with Gasteiger partial charge in [0.2, 0.25) is 5.88 Å². The fourth-order valence-electron chi connectivity index (χ4n) is 3.44. The van der Waals surface area contributed by atoms with Crippen molar-refractivity contribution in [3.63, 3.8) is 0 Å². The van der Waals surface area contributed by atoms with Crippen LogP contribution in [0.1, 0.15) is 28.2 Å². The Hall–Kier alpha value is -4.21. The third kappa shape index (κ3) is 2.94. The summed E-state index contributed by atoms with van der Waals surface area (Å²) in [6, 6.07) is 5.17. The first kappa shape index (κ1) is 17.9. The molecule has 3 aromatic heterocycles. The van der Waals surface area contributed by atoms with Crippen molar-refractivity contribution in [2.45, 2.75) is 6.42 Å². The zero-order valence-corrected chi connectivity index (χ0v) is 15.8. The standard InChI is InChI=1S/C20H17N7O3/c1-21-16-8-10-15(24-16)7-11-17-14(26-19(11)29)4-3-13(25-17)12-9-23-27-20(12)30-6-2-5-22-18(10)28/h3-4,7-9,24H,1-2,5-6H2,(H,22,28)(H,23,27)(H,26,29)/b11-7-. The minimum Gasteiger partial charge on any atom is -0.477 e. The van der Waals surface area contributed by atoms with Gasteiger partial charge in [0.1, 0.15) is 11.5 Å². The van der Waals surface area contributed by atoms with Crippen molar-refractivity contribution < 1.29 is 14.3 Å². The van der Waals surface area contributed by atoms with E-state index in [1.165, 1.54) is 0 Å². The van der Waals surface area contributed by atoms with Crippen LogP contribution in [-0.4, -0.2) is 51.8 Å². The molecule has 150 valence electrons. The van der Waals surface area contributed by atoms with Gasteiger partial charge in [0.15, 0.2) is 0 Å². The van der Waals surface area contributed by atoms with Gasteiger partial charge < -0.3 is 20.4 Å². The van der Waals surface area contributed by atoms with E-state index in [0.717, 1.165) is 0 Å². The van der Waals surface area contributed by atoms with Crippen LogP contribution < -0.4 is 15.4 Å². The average molecular weight is 403 g/mol. The Bertz CT molecular complexity index is 1220. The smallest absolute Gasteiger partial charge is 0.258 e. The normalized spacial score (nSPS) is 17.3. The van der Waals surface area contributed by atoms with Crippen molar-refractivity contribution in [1.29, 1.82) is 0 Å². The Morgan fingerprint density at radius 3 is 2.93 bits per heavy atom. The number of ether oxygens (including phenoxy) is 1. The van der Waals surface area contributed by atoms with Gasteiger partial charge in [0.25, 0.3) is 11.8 Å². The number of aromatic nitrogens is 4. The second kappa shape index (κ2) is 6.99. The van der Waals surface area contributed by atoms with Crippen molar-refractivity contribution in [2.24, 2.45) is 4.99 Å². The number of nitrogens with one attached hydrogen (secondary N) is 4. The van der Waals surface area contributed by atoms with Crippen LogP contribution in [0.25, 0.3) is 22.9 Å². The van der Waals surface area contributed by atoms with E-state index in [2.05, 4.69) is 42.5 Å². The minimum atomic E-state index is -0.309. The maximum absolute atomic E-state index is 12.7. The van der Waals surface area contributed by atoms with Crippen molar-refractivity contribution in [3.8, 4) is 17.1 Å². The number of hydrogen-bond acceptors (Lipinski definition) is 6. The molecule has 30 heavy (non-hydrogen) atoms. The minimum absolute atomic E-state index is 0.287. The number of anilines is 1. The number of aromatic amines is 2. The van der Waals surface area contributed by atoms with Crippen molar-refractivity contribution in [1.82, 2.24) is 25.5 Å². The lowest BCUT2D eigenvalue weighted by Gasteiger charge is -2.08. The first-order valence-corrected chi connectivity index (χ1v) is 9.33. The summed E-state index contributed by atoms with van der Waals surface area (Å²) in [6.45, 7) is 4.29. The molecular weight excluding hydrogens is 386 g/mol. The van der Waals surface area contributed by atoms with E-state index >= 15 is 0 Å². The first-order valence-electron chi connectivity index (χ1n) is 9.33. The molecule has 0 spiro atoms. The Morgan fingerprint density at radius 2 is 2.07 bits per heavy atom. The summed E-state index contributed by atoms with van der Waals surface area (Å²) in [5, 5.41) is 12.5. The molecule has 0 radical (unpaired) electrons. The Labute approximate surface area is 170 Å². The Morgan fingerprint density at radius 1 is 1.17 bits per heavy atom. The maximum Gasteiger partial charge on any atom is 0.258 e. The highest BCUT2D eigenvalue weighted by Crippen LogP contribution is 2.36. The maximum atomic E-state index is 12.7. The van der Waals surface area contributed by atoms with E-state index in [4.69, 9.17) is 4.74 Å². The second-order valence-electron chi connectivity index (χ2n) is 6.82. The molecule has 2 bridgehead atoms. The molecule has 0 aliphatic carbocycles. The van der Waals surface area contributed by atoms with E-state index in [1.807, 2.05) is 0 Å². The molecule has 0 saturated heterocycles. The summed E-state index contributed by atoms with van der Waals surface area (Å²) in [4.78, 5) is 36.9. The monoisotopic (exact) mass is 403 g/mol. The van der Waals surface area contributed by atoms with E-state index in [9.17, 15) is 9.59 Å². The molecule has 10 nitrogen and oxygen atoms in total. The average Bonchev–Trinajstić information content (AvgIpc) is 3.45. The van der Waals surface area contributed by atoms with Gasteiger partial charge in [-0.2, -0.15) is 5.10 Å². The van der Waals surface area contributed by atoms with Crippen LogP contribution in [0.4, 0.5) is 11.5 Å². The largest absolute Gasteiger partial charge is 0.477 e. The van der Waals surface area contributed by atoms with Gasteiger partial charge >= 0.3 is 0 Å². The van der Waals surface area contributed by atoms with Gasteiger partial charge in [-0.05, 0) is 37.4 Å². The lowest BCUT2D eigenvalue weighted by Crippen LogP contribution is -2.25. The van der Waals surface area contributed by atoms with Crippen LogP contribution in [0, 0.1) is 0 Å². The molecule has 2 aliphatic rings. The number of fused-ring (bicyclic) bond motifs is 4. The molecule has 3 aromatic rings. The number of amides is 2. The number of nitrogens with zero attached hydrogens (tertiary/aromatic N) is 3. The second-order valence-corrected chi connectivity index (χ2v) is 6.82. The molecule has 0 unspecified atom stereocenters. The Balaban J connectivity index is 1.69. The molecule has 5 rings (SSSR count). The summed E-state index contributed by atoms with van der Waals surface area (Å²) < 4.78 is 5.78. The van der Waals surface area contributed by atoms with E-state index in [-0.39, 0.29) is 11.8 Å². The molecule has 5 heterocycles. The summed E-state index contributed by atoms with van der Waals surface area (Å²) in [6.07, 6.45) is 3.83. The van der Waals surface area contributed by atoms with Gasteiger partial charge in [-0.25, -0.2) is 15.1 Å². The SMILES string of the molecule is C=Nc1cc2c([nH]1)/C=C1\C(=O)Nc3ccc(nc31)-c1cn[nH]c1OCCCNC2=O. The highest BCUT2D eigenvalue weighted by molar-refractivity contribution is 6.34. The van der Waals surface area contributed by atoms with Crippen molar-refractivity contribution in [3.05, 3.63) is 41.3 Å². The summed E-state index contributed by atoms with van der Waals surface area (Å²) in [5.74, 6) is 0.320. The predicted octanol–water partition coefficient (Wildman–Crippen LogP) is 2.14. The molecule has 10 heteroatoms. The summed E-state index contributed by atoms with van der Waals surface area (Å²) >= 11 is 0. The van der Waals surface area contributed by atoms with Gasteiger partial charge in [-0.15, -0.1) is 0 Å². The lowest BCUT2D eigenvalue weighted by atomic mass is 10.1. The quantitative estimate of drug-likeness (QED) is 0.461. The highest BCUT2D eigenvalue weighted by Gasteiger charge is 2.28. The molecule has 0 fully saturated rings. The van der Waals surface area contributed by atoms with Gasteiger partial charge in [-0.1, -0.05) is 0 Å². The van der Waals surface area contributed by atoms with Crippen molar-refractivity contribution in [2.75, 3.05) is 18.5 Å². The fourth-order valence-corrected chi connectivity index (χ4v) is 3.44. The molecule has 2 amide bonds. The number of carbonyl (C=O) groups is 2. The predicted molar refractivity (Wildman–Crippen MR) is 111 cm³/mol. The van der Waals surface area contributed by atoms with Gasteiger partial charge in [0, 0.05) is 6.54 Å². The van der Waals surface area contributed by atoms with Crippen LogP contribution in [0.2, 0.25) is 0 Å². The first-order chi connectivity index (χ1) is 14.6. The molecule has 0 atom stereocenters. The molecule has 2 aliphatic heterocycles. The summed E-state index contributed by atoms with van der Waals surface area (Å²) in [7, 11) is 0. The molecule has 0 aromatic carbocycles. The van der Waals surface area contributed by atoms with E-state index < -0.39 is 0 Å². The topological polar surface area (TPSA) is 137 Å². The fraction of sp³-hybridized carbons (Fsp3) is 0.150. The number of carbonyl (C=O) groups excluding carboxylic acids is 2. The van der Waals surface area contributed by atoms with E-state index in [1.54, 1.807) is 30.5 Å². The zero-order valence-electron chi connectivity index (χ0n) is 15.8. The third-order valence-electron chi connectivity index (χ3n) is 4.91. The highest BCUT2D eigenvalue weighted by atomic mass is 16.5. The molecular formula is C20H17N7O3. The lowest BCUT2D eigenvalue weighted by molar-refractivity contribution is -0.110. The van der Waals surface area contributed by atoms with Crippen LogP contribution in [0.15, 0.2) is 29.4 Å². The van der Waals surface area contributed by atoms with Crippen molar-refractivity contribution >= 4 is 41.7 Å². The van der Waals surface area contributed by atoms with Crippen LogP contribution >= 0.6 is 0 Å². The van der Waals surface area contributed by atoms with E-state index in [0.29, 0.717) is 70.7 Å². The number of aliphatic imine (C=N–C) groups is 1. The number of H-pyrrole nitrogens is 2. The van der Waals surface area contributed by atoms with Crippen LogP contribution in [0.3, 0.4) is 0 Å². The van der Waals surface area contributed by atoms with Gasteiger partial charge in [-0.3, -0.25) is 9.59 Å². The number of rotatable bonds is 1. The summed E-state index contributed by atoms with van der Waals surface area (Å²) in [5.41, 5.74) is 3.53. The molecule has 0 saturated carbocycles. The number of pyridine rings is 1. The van der Waals surface area contributed by atoms with Crippen LogP contribution in [0.5, 0.6) is 5.88 Å². The molecule has 4 N–H and O–H groups in total. The van der Waals surface area contributed by atoms with Crippen LogP contribution in [-0.2, 0) is 4.79 Å². The number of hydrogen-bond donors (Lipinski definition) is 4.